The molecule has 2 unspecified atom stereocenters. The molecule has 3 aliphatic carbocycles. The van der Waals surface area contributed by atoms with Crippen LogP contribution in [0.5, 0.6) is 0 Å². The summed E-state index contributed by atoms with van der Waals surface area (Å²) in [6, 6.07) is 27.4. The van der Waals surface area contributed by atoms with Crippen LogP contribution in [0.4, 0.5) is 0 Å². The van der Waals surface area contributed by atoms with E-state index in [0.29, 0.717) is 5.92 Å². The molecular formula is C29H22NS+. The quantitative estimate of drug-likeness (QED) is 0.263. The summed E-state index contributed by atoms with van der Waals surface area (Å²) in [7, 11) is 2.26. The van der Waals surface area contributed by atoms with Crippen molar-refractivity contribution in [1.82, 2.24) is 0 Å². The van der Waals surface area contributed by atoms with Crippen molar-refractivity contribution >= 4 is 22.1 Å². The molecule has 2 aromatic heterocycles. The van der Waals surface area contributed by atoms with Crippen molar-refractivity contribution in [3.05, 3.63) is 123 Å². The fourth-order valence-corrected chi connectivity index (χ4v) is 6.75. The van der Waals surface area contributed by atoms with Gasteiger partial charge in [0.05, 0.1) is 5.92 Å². The van der Waals surface area contributed by atoms with Gasteiger partial charge in [0.15, 0.2) is 5.69 Å². The van der Waals surface area contributed by atoms with Gasteiger partial charge in [0, 0.05) is 23.1 Å². The van der Waals surface area contributed by atoms with E-state index in [1.54, 1.807) is 11.3 Å². The van der Waals surface area contributed by atoms with Crippen LogP contribution in [0.3, 0.4) is 0 Å². The van der Waals surface area contributed by atoms with E-state index in [-0.39, 0.29) is 5.92 Å². The number of fused-ring (bicyclic) bond motifs is 1. The second-order valence-electron chi connectivity index (χ2n) is 8.91. The highest BCUT2D eigenvalue weighted by Crippen LogP contribution is 2.55. The molecule has 1 nitrogen and oxygen atoms in total. The fraction of sp³-hybridized carbons (Fsp3) is 0.138. The van der Waals surface area contributed by atoms with E-state index in [9.17, 15) is 0 Å². The Kier molecular flexibility index (Phi) is 3.46. The molecule has 8 rings (SSSR count). The van der Waals surface area contributed by atoms with Gasteiger partial charge in [-0.25, -0.2) is 0 Å². The summed E-state index contributed by atoms with van der Waals surface area (Å²) in [5, 5.41) is 7.31. The molecule has 0 spiro atoms. The Labute approximate surface area is 186 Å². The predicted molar refractivity (Wildman–Crippen MR) is 128 cm³/mol. The zero-order chi connectivity index (χ0) is 20.7. The van der Waals surface area contributed by atoms with Gasteiger partial charge in [0.2, 0.25) is 5.69 Å². The average Bonchev–Trinajstić information content (AvgIpc) is 3.26. The normalized spacial score (nSPS) is 18.0. The lowest BCUT2D eigenvalue weighted by Gasteiger charge is -2.40. The Morgan fingerprint density at radius 3 is 2.06 bits per heavy atom. The van der Waals surface area contributed by atoms with E-state index < -0.39 is 0 Å². The molecule has 0 fully saturated rings. The summed E-state index contributed by atoms with van der Waals surface area (Å²) < 4.78 is 2.46. The van der Waals surface area contributed by atoms with Crippen LogP contribution in [0.2, 0.25) is 0 Å². The van der Waals surface area contributed by atoms with Crippen molar-refractivity contribution in [2.45, 2.75) is 18.8 Å². The van der Waals surface area contributed by atoms with Gasteiger partial charge < -0.3 is 0 Å². The number of benzene rings is 3. The molecule has 3 aliphatic rings. The van der Waals surface area contributed by atoms with Gasteiger partial charge in [-0.1, -0.05) is 42.5 Å². The highest BCUT2D eigenvalue weighted by atomic mass is 32.1. The van der Waals surface area contributed by atoms with Crippen LogP contribution in [0.1, 0.15) is 50.9 Å². The second kappa shape index (κ2) is 6.15. The lowest BCUT2D eigenvalue weighted by molar-refractivity contribution is -0.669. The van der Waals surface area contributed by atoms with Crippen LogP contribution in [-0.2, 0) is 7.05 Å². The van der Waals surface area contributed by atoms with Crippen molar-refractivity contribution in [3.8, 4) is 11.3 Å². The van der Waals surface area contributed by atoms with Gasteiger partial charge in [-0.3, -0.25) is 0 Å². The molecule has 0 amide bonds. The third-order valence-electron chi connectivity index (χ3n) is 7.36. The Morgan fingerprint density at radius 2 is 1.32 bits per heavy atom. The van der Waals surface area contributed by atoms with E-state index in [4.69, 9.17) is 0 Å². The second-order valence-corrected chi connectivity index (χ2v) is 9.65. The van der Waals surface area contributed by atoms with Gasteiger partial charge in [0.1, 0.15) is 7.05 Å². The van der Waals surface area contributed by atoms with Crippen molar-refractivity contribution < 1.29 is 4.57 Å². The molecule has 31 heavy (non-hydrogen) atoms. The van der Waals surface area contributed by atoms with Gasteiger partial charge >= 0.3 is 0 Å². The fourth-order valence-electron chi connectivity index (χ4n) is 5.98. The van der Waals surface area contributed by atoms with E-state index in [1.807, 2.05) is 0 Å². The summed E-state index contributed by atoms with van der Waals surface area (Å²) in [5.41, 5.74) is 12.8. The topological polar surface area (TPSA) is 3.88 Å². The molecule has 2 heterocycles. The molecule has 3 aromatic carbocycles. The number of hydrogen-bond donors (Lipinski definition) is 0. The molecule has 0 aliphatic heterocycles. The maximum Gasteiger partial charge on any atom is 0.212 e. The van der Waals surface area contributed by atoms with Crippen molar-refractivity contribution in [2.75, 3.05) is 0 Å². The summed E-state index contributed by atoms with van der Waals surface area (Å²) in [6.45, 7) is 2.21. The molecule has 0 saturated heterocycles. The van der Waals surface area contributed by atoms with Crippen molar-refractivity contribution in [2.24, 2.45) is 7.05 Å². The summed E-state index contributed by atoms with van der Waals surface area (Å²) >= 11 is 1.80. The molecule has 0 radical (unpaired) electrons. The van der Waals surface area contributed by atoms with Gasteiger partial charge in [-0.05, 0) is 80.5 Å². The first-order valence-electron chi connectivity index (χ1n) is 10.9. The molecule has 2 heteroatoms. The third-order valence-corrected chi connectivity index (χ3v) is 8.14. The molecule has 5 aromatic rings. The largest absolute Gasteiger partial charge is 0.212 e. The number of thiophene rings is 1. The third kappa shape index (κ3) is 2.23. The minimum atomic E-state index is 0.282. The standard InChI is InChI=1S/C29H22NS/c1-17-7-3-4-8-20(17)26-12-11-23-27-21-9-5-6-10-22(21)28(29(23)30(26)2)25-14-19-16-31-15-18(19)13-24(25)27/h3-16,27-28H,1-2H3/q+1. The number of rotatable bonds is 1. The first kappa shape index (κ1) is 17.5. The van der Waals surface area contributed by atoms with Crippen LogP contribution >= 0.6 is 11.3 Å². The van der Waals surface area contributed by atoms with Gasteiger partial charge in [-0.2, -0.15) is 15.9 Å². The maximum atomic E-state index is 2.46. The van der Waals surface area contributed by atoms with Crippen LogP contribution in [0.15, 0.2) is 83.6 Å². The van der Waals surface area contributed by atoms with Crippen LogP contribution in [-0.4, -0.2) is 0 Å². The molecule has 0 N–H and O–H groups in total. The van der Waals surface area contributed by atoms with E-state index in [2.05, 4.69) is 102 Å². The smallest absolute Gasteiger partial charge is 0.197 e. The predicted octanol–water partition coefficient (Wildman–Crippen LogP) is 6.69. The minimum absolute atomic E-state index is 0.282. The Bertz CT molecular complexity index is 1520. The monoisotopic (exact) mass is 416 g/mol. The zero-order valence-electron chi connectivity index (χ0n) is 17.6. The Hall–Kier alpha value is -3.23. The van der Waals surface area contributed by atoms with Crippen LogP contribution in [0.25, 0.3) is 22.0 Å². The molecule has 2 bridgehead atoms. The number of nitrogens with zero attached hydrogens (tertiary/aromatic N) is 1. The minimum Gasteiger partial charge on any atom is -0.197 e. The summed E-state index contributed by atoms with van der Waals surface area (Å²) in [5.74, 6) is 0.595. The maximum absolute atomic E-state index is 2.46. The van der Waals surface area contributed by atoms with Crippen molar-refractivity contribution in [1.29, 1.82) is 0 Å². The van der Waals surface area contributed by atoms with Gasteiger partial charge in [-0.15, -0.1) is 0 Å². The SMILES string of the molecule is Cc1ccccc1-c1ccc2c([n+]1C)C1c3ccccc3C2c2cc3cscc3cc21. The molecular weight excluding hydrogens is 394 g/mol. The number of hydrogen-bond acceptors (Lipinski definition) is 1. The number of aryl methyl sites for hydroxylation is 1. The van der Waals surface area contributed by atoms with E-state index in [1.165, 1.54) is 61.1 Å². The van der Waals surface area contributed by atoms with E-state index >= 15 is 0 Å². The number of pyridine rings is 1. The lowest BCUT2D eigenvalue weighted by Crippen LogP contribution is -2.44. The Morgan fingerprint density at radius 1 is 0.677 bits per heavy atom. The summed E-state index contributed by atoms with van der Waals surface area (Å²) in [6.07, 6.45) is 0. The van der Waals surface area contributed by atoms with Crippen molar-refractivity contribution in [3.63, 3.8) is 0 Å². The highest BCUT2D eigenvalue weighted by molar-refractivity contribution is 7.09. The zero-order valence-corrected chi connectivity index (χ0v) is 18.4. The lowest BCUT2D eigenvalue weighted by atomic mass is 9.62. The van der Waals surface area contributed by atoms with Crippen LogP contribution in [0, 0.1) is 6.92 Å². The molecule has 148 valence electrons. The first-order valence-corrected chi connectivity index (χ1v) is 11.8. The summed E-state index contributed by atoms with van der Waals surface area (Å²) in [4.78, 5) is 0. The average molecular weight is 417 g/mol. The molecule has 0 saturated carbocycles. The van der Waals surface area contributed by atoms with Crippen LogP contribution < -0.4 is 4.57 Å². The van der Waals surface area contributed by atoms with Gasteiger partial charge in [0.25, 0.3) is 0 Å². The van der Waals surface area contributed by atoms with E-state index in [0.717, 1.165) is 0 Å². The Balaban J connectivity index is 1.56. The number of aromatic nitrogens is 1. The highest BCUT2D eigenvalue weighted by Gasteiger charge is 2.46. The first-order chi connectivity index (χ1) is 15.2. The molecule has 2 atom stereocenters.